The summed E-state index contributed by atoms with van der Waals surface area (Å²) >= 11 is 12.0. The fourth-order valence-corrected chi connectivity index (χ4v) is 3.68. The first-order valence-corrected chi connectivity index (χ1v) is 9.32. The monoisotopic (exact) mass is 440 g/mol. The van der Waals surface area contributed by atoms with Crippen LogP contribution in [-0.2, 0) is 0 Å². The third-order valence-corrected chi connectivity index (χ3v) is 5.51. The molecule has 1 amide bonds. The maximum absolute atomic E-state index is 13.0. The summed E-state index contributed by atoms with van der Waals surface area (Å²) < 4.78 is 0. The summed E-state index contributed by atoms with van der Waals surface area (Å²) in [4.78, 5) is 49.6. The average molecular weight is 441 g/mol. The molecule has 1 N–H and O–H groups in total. The Morgan fingerprint density at radius 3 is 2.20 bits per heavy atom. The largest absolute Gasteiger partial charge is 0.320 e. The second-order valence-electron chi connectivity index (χ2n) is 6.40. The predicted molar refractivity (Wildman–Crippen MR) is 111 cm³/mol. The van der Waals surface area contributed by atoms with E-state index in [1.807, 2.05) is 0 Å². The predicted octanol–water partition coefficient (Wildman–Crippen LogP) is 4.93. The molecule has 3 aromatic rings. The van der Waals surface area contributed by atoms with Crippen molar-refractivity contribution in [3.8, 4) is 0 Å². The van der Waals surface area contributed by atoms with Crippen LogP contribution in [0.5, 0.6) is 0 Å². The molecule has 7 nitrogen and oxygen atoms in total. The molecule has 1 aliphatic rings. The van der Waals surface area contributed by atoms with E-state index in [0.29, 0.717) is 0 Å². The molecule has 0 aliphatic heterocycles. The zero-order chi connectivity index (χ0) is 21.6. The Kier molecular flexibility index (Phi) is 4.85. The summed E-state index contributed by atoms with van der Waals surface area (Å²) in [5, 5.41) is 14.6. The van der Waals surface area contributed by atoms with Gasteiger partial charge in [-0.3, -0.25) is 24.5 Å². The molecule has 0 aromatic heterocycles. The summed E-state index contributed by atoms with van der Waals surface area (Å²) in [5.41, 5.74) is -1.29. The van der Waals surface area contributed by atoms with E-state index >= 15 is 0 Å². The van der Waals surface area contributed by atoms with Gasteiger partial charge in [-0.2, -0.15) is 0 Å². The Labute approximate surface area is 179 Å². The maximum Gasteiger partial charge on any atom is 0.294 e. The number of benzene rings is 3. The summed E-state index contributed by atoms with van der Waals surface area (Å²) in [6.07, 6.45) is 0. The van der Waals surface area contributed by atoms with Gasteiger partial charge in [-0.1, -0.05) is 53.5 Å². The van der Waals surface area contributed by atoms with Crippen LogP contribution in [-0.4, -0.2) is 22.4 Å². The molecule has 0 saturated carbocycles. The van der Waals surface area contributed by atoms with Gasteiger partial charge in [0, 0.05) is 16.7 Å². The SMILES string of the molecule is O=C1c2ccccc2C(=O)c2c1ccc(C(=O)Nc1cccc(Cl)c1Cl)c2[N+](=O)[O-]. The van der Waals surface area contributed by atoms with E-state index in [0.717, 1.165) is 6.07 Å². The average Bonchev–Trinajstić information content (AvgIpc) is 2.74. The third-order valence-electron chi connectivity index (χ3n) is 4.69. The van der Waals surface area contributed by atoms with Gasteiger partial charge in [-0.05, 0) is 24.3 Å². The van der Waals surface area contributed by atoms with E-state index < -0.39 is 33.6 Å². The van der Waals surface area contributed by atoms with Crippen LogP contribution in [0.2, 0.25) is 10.0 Å². The fourth-order valence-electron chi connectivity index (χ4n) is 3.33. The quantitative estimate of drug-likeness (QED) is 0.359. The Morgan fingerprint density at radius 2 is 1.53 bits per heavy atom. The van der Waals surface area contributed by atoms with Crippen LogP contribution in [0.3, 0.4) is 0 Å². The van der Waals surface area contributed by atoms with E-state index in [9.17, 15) is 24.5 Å². The molecule has 0 spiro atoms. The van der Waals surface area contributed by atoms with Crippen molar-refractivity contribution in [2.24, 2.45) is 0 Å². The highest BCUT2D eigenvalue weighted by Gasteiger charge is 2.38. The molecule has 9 heteroatoms. The van der Waals surface area contributed by atoms with Crippen molar-refractivity contribution in [3.63, 3.8) is 0 Å². The molecular formula is C21H10Cl2N2O5. The number of rotatable bonds is 3. The molecule has 30 heavy (non-hydrogen) atoms. The number of halogens is 2. The van der Waals surface area contributed by atoms with Crippen molar-refractivity contribution in [2.75, 3.05) is 5.32 Å². The number of carbonyl (C=O) groups is 3. The fraction of sp³-hybridized carbons (Fsp3) is 0. The molecule has 4 rings (SSSR count). The highest BCUT2D eigenvalue weighted by atomic mass is 35.5. The normalized spacial score (nSPS) is 12.2. The lowest BCUT2D eigenvalue weighted by molar-refractivity contribution is -0.385. The molecule has 0 atom stereocenters. The van der Waals surface area contributed by atoms with Gasteiger partial charge >= 0.3 is 0 Å². The second kappa shape index (κ2) is 7.37. The van der Waals surface area contributed by atoms with E-state index in [1.54, 1.807) is 18.2 Å². The minimum absolute atomic E-state index is 0.0496. The van der Waals surface area contributed by atoms with Gasteiger partial charge in [0.25, 0.3) is 11.6 Å². The standard InChI is InChI=1S/C21H10Cl2N2O5/c22-14-6-3-7-15(17(14)23)24-21(28)13-9-8-12-16(18(13)25(29)30)20(27)11-5-2-1-4-10(11)19(12)26/h1-9H,(H,24,28). The van der Waals surface area contributed by atoms with E-state index in [1.165, 1.54) is 30.3 Å². The van der Waals surface area contributed by atoms with E-state index in [-0.39, 0.29) is 38.0 Å². The van der Waals surface area contributed by atoms with Crippen molar-refractivity contribution < 1.29 is 19.3 Å². The summed E-state index contributed by atoms with van der Waals surface area (Å²) in [5.74, 6) is -2.08. The molecule has 0 unspecified atom stereocenters. The number of hydrogen-bond donors (Lipinski definition) is 1. The number of amides is 1. The van der Waals surface area contributed by atoms with Gasteiger partial charge in [-0.25, -0.2) is 0 Å². The number of hydrogen-bond acceptors (Lipinski definition) is 5. The maximum atomic E-state index is 13.0. The third kappa shape index (κ3) is 3.04. The number of nitrogens with zero attached hydrogens (tertiary/aromatic N) is 1. The molecule has 0 fully saturated rings. The smallest absolute Gasteiger partial charge is 0.294 e. The highest BCUT2D eigenvalue weighted by molar-refractivity contribution is 6.44. The Morgan fingerprint density at radius 1 is 0.867 bits per heavy atom. The van der Waals surface area contributed by atoms with Gasteiger partial charge in [0.15, 0.2) is 5.78 Å². The first kappa shape index (κ1) is 19.8. The highest BCUT2D eigenvalue weighted by Crippen LogP contribution is 2.36. The van der Waals surface area contributed by atoms with Crippen LogP contribution in [0.1, 0.15) is 42.2 Å². The molecule has 3 aromatic carbocycles. The zero-order valence-corrected chi connectivity index (χ0v) is 16.5. The minimum Gasteiger partial charge on any atom is -0.320 e. The van der Waals surface area contributed by atoms with E-state index in [2.05, 4.69) is 5.32 Å². The Bertz CT molecular complexity index is 1290. The Hall–Kier alpha value is -3.55. The van der Waals surface area contributed by atoms with Crippen molar-refractivity contribution >= 4 is 52.1 Å². The first-order valence-electron chi connectivity index (χ1n) is 8.56. The number of nitro groups is 1. The lowest BCUT2D eigenvalue weighted by atomic mass is 9.82. The number of nitrogens with one attached hydrogen (secondary N) is 1. The van der Waals surface area contributed by atoms with Gasteiger partial charge in [-0.15, -0.1) is 0 Å². The first-order chi connectivity index (χ1) is 14.3. The van der Waals surface area contributed by atoms with Crippen LogP contribution in [0.4, 0.5) is 11.4 Å². The van der Waals surface area contributed by atoms with Crippen molar-refractivity contribution in [3.05, 3.63) is 103 Å². The summed E-state index contributed by atoms with van der Waals surface area (Å²) in [6.45, 7) is 0. The number of carbonyl (C=O) groups excluding carboxylic acids is 3. The van der Waals surface area contributed by atoms with Crippen LogP contribution < -0.4 is 5.32 Å². The Balaban J connectivity index is 1.86. The number of ketones is 2. The van der Waals surface area contributed by atoms with Crippen LogP contribution in [0.15, 0.2) is 54.6 Å². The van der Waals surface area contributed by atoms with Crippen molar-refractivity contribution in [2.45, 2.75) is 0 Å². The van der Waals surface area contributed by atoms with Crippen LogP contribution in [0, 0.1) is 10.1 Å². The summed E-state index contributed by atoms with van der Waals surface area (Å²) in [6, 6.07) is 13.0. The summed E-state index contributed by atoms with van der Waals surface area (Å²) in [7, 11) is 0. The minimum atomic E-state index is -0.868. The van der Waals surface area contributed by atoms with Gasteiger partial charge in [0.2, 0.25) is 5.78 Å². The molecule has 0 radical (unpaired) electrons. The van der Waals surface area contributed by atoms with Crippen LogP contribution >= 0.6 is 23.2 Å². The van der Waals surface area contributed by atoms with Crippen LogP contribution in [0.25, 0.3) is 0 Å². The van der Waals surface area contributed by atoms with Crippen molar-refractivity contribution in [1.29, 1.82) is 0 Å². The molecule has 0 bridgehead atoms. The van der Waals surface area contributed by atoms with E-state index in [4.69, 9.17) is 23.2 Å². The number of fused-ring (bicyclic) bond motifs is 2. The molecule has 0 heterocycles. The lowest BCUT2D eigenvalue weighted by Crippen LogP contribution is -2.24. The van der Waals surface area contributed by atoms with Gasteiger partial charge < -0.3 is 5.32 Å². The second-order valence-corrected chi connectivity index (χ2v) is 7.19. The lowest BCUT2D eigenvalue weighted by Gasteiger charge is -2.18. The number of anilines is 1. The molecule has 148 valence electrons. The number of nitro benzene ring substituents is 1. The van der Waals surface area contributed by atoms with Gasteiger partial charge in [0.05, 0.1) is 20.7 Å². The van der Waals surface area contributed by atoms with Gasteiger partial charge in [0.1, 0.15) is 11.1 Å². The molecule has 0 saturated heterocycles. The topological polar surface area (TPSA) is 106 Å². The van der Waals surface area contributed by atoms with Crippen molar-refractivity contribution in [1.82, 2.24) is 0 Å². The molecular weight excluding hydrogens is 431 g/mol. The zero-order valence-electron chi connectivity index (χ0n) is 14.9. The molecule has 1 aliphatic carbocycles.